The van der Waals surface area contributed by atoms with Gasteiger partial charge >= 0.3 is 5.97 Å². The molecule has 5 nitrogen and oxygen atoms in total. The molecule has 2 rings (SSSR count). The lowest BCUT2D eigenvalue weighted by Crippen LogP contribution is -2.42. The summed E-state index contributed by atoms with van der Waals surface area (Å²) < 4.78 is 11.1. The Morgan fingerprint density at radius 2 is 1.93 bits per heavy atom. The predicted molar refractivity (Wildman–Crippen MR) is 117 cm³/mol. The molecule has 1 aromatic carbocycles. The van der Waals surface area contributed by atoms with Gasteiger partial charge in [0.05, 0.1) is 18.1 Å². The van der Waals surface area contributed by atoms with E-state index >= 15 is 0 Å². The Morgan fingerprint density at radius 3 is 2.57 bits per heavy atom. The molecule has 0 N–H and O–H groups in total. The van der Waals surface area contributed by atoms with E-state index in [4.69, 9.17) is 21.7 Å². The molecular formula is C21H27NO4S2. The van der Waals surface area contributed by atoms with E-state index in [-0.39, 0.29) is 12.5 Å². The SMILES string of the molecule is CCCCCCOc1ccc(/C=C2\SC(=S)N(C(C)C(=O)OCC)C2=O)cc1. The van der Waals surface area contributed by atoms with Gasteiger partial charge in [-0.05, 0) is 44.0 Å². The summed E-state index contributed by atoms with van der Waals surface area (Å²) in [4.78, 5) is 26.4. The van der Waals surface area contributed by atoms with E-state index in [9.17, 15) is 9.59 Å². The number of hydrogen-bond acceptors (Lipinski definition) is 6. The van der Waals surface area contributed by atoms with Crippen molar-refractivity contribution in [2.24, 2.45) is 0 Å². The van der Waals surface area contributed by atoms with Gasteiger partial charge in [0.2, 0.25) is 0 Å². The van der Waals surface area contributed by atoms with Crippen molar-refractivity contribution >= 4 is 46.3 Å². The molecule has 0 aromatic heterocycles. The second kappa shape index (κ2) is 11.2. The third-order valence-corrected chi connectivity index (χ3v) is 5.61. The number of esters is 1. The molecule has 0 radical (unpaired) electrons. The van der Waals surface area contributed by atoms with Crippen molar-refractivity contribution in [2.45, 2.75) is 52.5 Å². The second-order valence-corrected chi connectivity index (χ2v) is 8.13. The number of carbonyl (C=O) groups is 2. The van der Waals surface area contributed by atoms with Gasteiger partial charge in [-0.15, -0.1) is 0 Å². The summed E-state index contributed by atoms with van der Waals surface area (Å²) in [5.41, 5.74) is 0.877. The van der Waals surface area contributed by atoms with Crippen molar-refractivity contribution in [3.63, 3.8) is 0 Å². The van der Waals surface area contributed by atoms with Crippen molar-refractivity contribution in [1.82, 2.24) is 4.90 Å². The van der Waals surface area contributed by atoms with Crippen LogP contribution in [-0.2, 0) is 14.3 Å². The lowest BCUT2D eigenvalue weighted by Gasteiger charge is -2.21. The van der Waals surface area contributed by atoms with E-state index in [1.807, 2.05) is 24.3 Å². The molecule has 1 aliphatic rings. The number of carbonyl (C=O) groups excluding carboxylic acids is 2. The number of nitrogens with zero attached hydrogens (tertiary/aromatic N) is 1. The highest BCUT2D eigenvalue weighted by atomic mass is 32.2. The average Bonchev–Trinajstić information content (AvgIpc) is 2.95. The molecular weight excluding hydrogens is 394 g/mol. The van der Waals surface area contributed by atoms with E-state index in [1.54, 1.807) is 19.9 Å². The maximum absolute atomic E-state index is 12.7. The van der Waals surface area contributed by atoms with Crippen LogP contribution in [0.3, 0.4) is 0 Å². The van der Waals surface area contributed by atoms with Crippen LogP contribution >= 0.6 is 24.0 Å². The smallest absolute Gasteiger partial charge is 0.329 e. The monoisotopic (exact) mass is 421 g/mol. The van der Waals surface area contributed by atoms with Crippen molar-refractivity contribution < 1.29 is 19.1 Å². The standard InChI is InChI=1S/C21H27NO4S2/c1-4-6-7-8-13-26-17-11-9-16(10-12-17)14-18-19(23)22(21(27)28-18)15(3)20(24)25-5-2/h9-12,14-15H,4-8,13H2,1-3H3/b18-14-. The highest BCUT2D eigenvalue weighted by Gasteiger charge is 2.38. The third-order valence-electron chi connectivity index (χ3n) is 4.28. The van der Waals surface area contributed by atoms with Gasteiger partial charge in [-0.25, -0.2) is 4.79 Å². The number of rotatable bonds is 10. The molecule has 1 aliphatic heterocycles. The van der Waals surface area contributed by atoms with E-state index < -0.39 is 12.0 Å². The molecule has 152 valence electrons. The highest BCUT2D eigenvalue weighted by Crippen LogP contribution is 2.34. The van der Waals surface area contributed by atoms with Crippen molar-refractivity contribution in [2.75, 3.05) is 13.2 Å². The van der Waals surface area contributed by atoms with E-state index in [0.29, 0.717) is 15.8 Å². The molecule has 0 aliphatic carbocycles. The van der Waals surface area contributed by atoms with E-state index in [0.717, 1.165) is 17.7 Å². The van der Waals surface area contributed by atoms with E-state index in [2.05, 4.69) is 6.92 Å². The topological polar surface area (TPSA) is 55.8 Å². The number of thioether (sulfide) groups is 1. The van der Waals surface area contributed by atoms with Gasteiger partial charge < -0.3 is 9.47 Å². The first kappa shape index (κ1) is 22.4. The average molecular weight is 422 g/mol. The Kier molecular flexibility index (Phi) is 8.99. The Bertz CT molecular complexity index is 730. The number of unbranched alkanes of at least 4 members (excludes halogenated alkanes) is 3. The molecule has 1 amide bonds. The summed E-state index contributed by atoms with van der Waals surface area (Å²) in [6.45, 7) is 6.52. The summed E-state index contributed by atoms with van der Waals surface area (Å²) in [7, 11) is 0. The highest BCUT2D eigenvalue weighted by molar-refractivity contribution is 8.26. The Balaban J connectivity index is 1.98. The van der Waals surface area contributed by atoms with Crippen LogP contribution < -0.4 is 4.74 Å². The fourth-order valence-electron chi connectivity index (χ4n) is 2.71. The summed E-state index contributed by atoms with van der Waals surface area (Å²) >= 11 is 6.48. The normalized spacial score (nSPS) is 16.5. The molecule has 0 saturated carbocycles. The van der Waals surface area contributed by atoms with Gasteiger partial charge in [0.1, 0.15) is 16.1 Å². The maximum Gasteiger partial charge on any atom is 0.329 e. The molecule has 1 fully saturated rings. The minimum Gasteiger partial charge on any atom is -0.494 e. The lowest BCUT2D eigenvalue weighted by atomic mass is 10.2. The first-order valence-electron chi connectivity index (χ1n) is 9.64. The lowest BCUT2D eigenvalue weighted by molar-refractivity contribution is -0.149. The second-order valence-electron chi connectivity index (χ2n) is 6.46. The van der Waals surface area contributed by atoms with Gasteiger partial charge in [0.15, 0.2) is 0 Å². The Morgan fingerprint density at radius 1 is 1.21 bits per heavy atom. The molecule has 28 heavy (non-hydrogen) atoms. The van der Waals surface area contributed by atoms with Crippen LogP contribution in [0.5, 0.6) is 5.75 Å². The van der Waals surface area contributed by atoms with Crippen LogP contribution in [0.15, 0.2) is 29.2 Å². The predicted octanol–water partition coefficient (Wildman–Crippen LogP) is 4.80. The van der Waals surface area contributed by atoms with Crippen LogP contribution in [-0.4, -0.2) is 40.4 Å². The van der Waals surface area contributed by atoms with Gasteiger partial charge in [-0.2, -0.15) is 0 Å². The molecule has 1 aromatic rings. The fourth-order valence-corrected chi connectivity index (χ4v) is 4.13. The first-order valence-corrected chi connectivity index (χ1v) is 10.9. The Labute approximate surface area is 176 Å². The van der Waals surface area contributed by atoms with Crippen molar-refractivity contribution in [3.8, 4) is 5.75 Å². The number of ether oxygens (including phenoxy) is 2. The molecule has 1 heterocycles. The van der Waals surface area contributed by atoms with Crippen molar-refractivity contribution in [1.29, 1.82) is 0 Å². The first-order chi connectivity index (χ1) is 13.5. The van der Waals surface area contributed by atoms with Crippen molar-refractivity contribution in [3.05, 3.63) is 34.7 Å². The number of hydrogen-bond donors (Lipinski definition) is 0. The summed E-state index contributed by atoms with van der Waals surface area (Å²) in [6.07, 6.45) is 6.45. The molecule has 1 atom stereocenters. The van der Waals surface area contributed by atoms with E-state index in [1.165, 1.54) is 35.9 Å². The fraction of sp³-hybridized carbons (Fsp3) is 0.476. The molecule has 1 saturated heterocycles. The molecule has 0 bridgehead atoms. The number of amides is 1. The Hall–Kier alpha value is -1.86. The summed E-state index contributed by atoms with van der Waals surface area (Å²) in [6, 6.07) is 6.87. The summed E-state index contributed by atoms with van der Waals surface area (Å²) in [5.74, 6) is 0.0874. The molecule has 1 unspecified atom stereocenters. The minimum atomic E-state index is -0.734. The summed E-state index contributed by atoms with van der Waals surface area (Å²) in [5, 5.41) is 0. The number of thiocarbonyl (C=S) groups is 1. The quantitative estimate of drug-likeness (QED) is 0.234. The zero-order valence-electron chi connectivity index (χ0n) is 16.6. The van der Waals surface area contributed by atoms with Crippen LogP contribution in [0.25, 0.3) is 6.08 Å². The molecule has 7 heteroatoms. The van der Waals surface area contributed by atoms with Gasteiger partial charge in [0, 0.05) is 0 Å². The number of benzene rings is 1. The largest absolute Gasteiger partial charge is 0.494 e. The van der Waals surface area contributed by atoms with Crippen LogP contribution in [0.4, 0.5) is 0 Å². The third kappa shape index (κ3) is 6.07. The zero-order chi connectivity index (χ0) is 20.5. The maximum atomic E-state index is 12.7. The zero-order valence-corrected chi connectivity index (χ0v) is 18.2. The van der Waals surface area contributed by atoms with Crippen LogP contribution in [0, 0.1) is 0 Å². The molecule has 0 spiro atoms. The minimum absolute atomic E-state index is 0.265. The van der Waals surface area contributed by atoms with Crippen LogP contribution in [0.2, 0.25) is 0 Å². The van der Waals surface area contributed by atoms with Gasteiger partial charge in [-0.3, -0.25) is 9.69 Å². The van der Waals surface area contributed by atoms with Gasteiger partial charge in [0.25, 0.3) is 5.91 Å². The van der Waals surface area contributed by atoms with Gasteiger partial charge in [-0.1, -0.05) is 62.3 Å². The van der Waals surface area contributed by atoms with Crippen LogP contribution in [0.1, 0.15) is 52.0 Å².